The molecule has 0 amide bonds. The van der Waals surface area contributed by atoms with Crippen LogP contribution >= 0.6 is 22.6 Å². The van der Waals surface area contributed by atoms with E-state index in [2.05, 4.69) is 27.6 Å². The van der Waals surface area contributed by atoms with Crippen LogP contribution in [0.5, 0.6) is 5.75 Å². The Kier molecular flexibility index (Phi) is 3.73. The quantitative estimate of drug-likeness (QED) is 0.479. The maximum atomic E-state index is 11.8. The summed E-state index contributed by atoms with van der Waals surface area (Å²) >= 11 is 2.17. The summed E-state index contributed by atoms with van der Waals surface area (Å²) in [5.74, 6) is 0.155. The van der Waals surface area contributed by atoms with Gasteiger partial charge in [0.25, 0.3) is 0 Å². The van der Waals surface area contributed by atoms with Gasteiger partial charge in [-0.15, -0.1) is 0 Å². The third-order valence-corrected chi connectivity index (χ3v) is 2.82. The fourth-order valence-electron chi connectivity index (χ4n) is 1.29. The van der Waals surface area contributed by atoms with Gasteiger partial charge in [0.2, 0.25) is 0 Å². The first-order valence-electron chi connectivity index (χ1n) is 5.05. The Bertz CT molecular complexity index is 537. The monoisotopic (exact) mass is 339 g/mol. The zero-order valence-corrected chi connectivity index (χ0v) is 11.3. The standard InChI is InChI=1S/C13H10INO2/c1-9-5-6-10(8-15-9)13(16)17-12-4-2-3-11(14)7-12/h2-8H,1H3. The fraction of sp³-hybridized carbons (Fsp3) is 0.0769. The lowest BCUT2D eigenvalue weighted by Crippen LogP contribution is -2.08. The van der Waals surface area contributed by atoms with Gasteiger partial charge < -0.3 is 4.74 Å². The van der Waals surface area contributed by atoms with Crippen LogP contribution in [-0.2, 0) is 0 Å². The molecule has 0 aliphatic carbocycles. The minimum Gasteiger partial charge on any atom is -0.423 e. The molecule has 0 aliphatic heterocycles. The highest BCUT2D eigenvalue weighted by molar-refractivity contribution is 14.1. The second-order valence-electron chi connectivity index (χ2n) is 3.54. The van der Waals surface area contributed by atoms with Crippen LogP contribution in [-0.4, -0.2) is 11.0 Å². The molecular weight excluding hydrogens is 329 g/mol. The number of benzene rings is 1. The van der Waals surface area contributed by atoms with E-state index < -0.39 is 0 Å². The Morgan fingerprint density at radius 2 is 2.12 bits per heavy atom. The van der Waals surface area contributed by atoms with Gasteiger partial charge in [-0.2, -0.15) is 0 Å². The third-order valence-electron chi connectivity index (χ3n) is 2.15. The molecule has 1 heterocycles. The van der Waals surface area contributed by atoms with Crippen molar-refractivity contribution >= 4 is 28.6 Å². The summed E-state index contributed by atoms with van der Waals surface area (Å²) in [6, 6.07) is 10.8. The average molecular weight is 339 g/mol. The number of aromatic nitrogens is 1. The number of rotatable bonds is 2. The first-order chi connectivity index (χ1) is 8.15. The molecule has 2 aromatic rings. The molecule has 0 atom stereocenters. The summed E-state index contributed by atoms with van der Waals surface area (Å²) in [5, 5.41) is 0. The third kappa shape index (κ3) is 3.26. The summed E-state index contributed by atoms with van der Waals surface area (Å²) in [6.07, 6.45) is 1.52. The van der Waals surface area contributed by atoms with Crippen molar-refractivity contribution in [3.05, 3.63) is 57.4 Å². The second-order valence-corrected chi connectivity index (χ2v) is 4.78. The Morgan fingerprint density at radius 1 is 1.29 bits per heavy atom. The number of carbonyl (C=O) groups is 1. The maximum absolute atomic E-state index is 11.8. The number of pyridine rings is 1. The first kappa shape index (κ1) is 12.0. The lowest BCUT2D eigenvalue weighted by atomic mass is 10.2. The van der Waals surface area contributed by atoms with Crippen molar-refractivity contribution in [3.63, 3.8) is 0 Å². The Labute approximate surface area is 113 Å². The van der Waals surface area contributed by atoms with E-state index in [0.717, 1.165) is 9.26 Å². The number of nitrogens with zero attached hydrogens (tertiary/aromatic N) is 1. The van der Waals surface area contributed by atoms with E-state index in [1.54, 1.807) is 24.3 Å². The minimum absolute atomic E-state index is 0.389. The van der Waals surface area contributed by atoms with Crippen LogP contribution in [0.15, 0.2) is 42.6 Å². The molecule has 4 heteroatoms. The number of carbonyl (C=O) groups excluding carboxylic acids is 1. The highest BCUT2D eigenvalue weighted by atomic mass is 127. The highest BCUT2D eigenvalue weighted by Crippen LogP contribution is 2.16. The predicted octanol–water partition coefficient (Wildman–Crippen LogP) is 3.21. The number of aryl methyl sites for hydroxylation is 1. The number of esters is 1. The number of ether oxygens (including phenoxy) is 1. The molecule has 0 unspecified atom stereocenters. The molecule has 1 aromatic heterocycles. The van der Waals surface area contributed by atoms with Crippen molar-refractivity contribution in [1.29, 1.82) is 0 Å². The largest absolute Gasteiger partial charge is 0.423 e. The van der Waals surface area contributed by atoms with Crippen molar-refractivity contribution in [3.8, 4) is 5.75 Å². The topological polar surface area (TPSA) is 39.2 Å². The molecule has 0 spiro atoms. The number of halogens is 1. The SMILES string of the molecule is Cc1ccc(C(=O)Oc2cccc(I)c2)cn1. The molecular formula is C13H10INO2. The Balaban J connectivity index is 2.14. The predicted molar refractivity (Wildman–Crippen MR) is 73.1 cm³/mol. The van der Waals surface area contributed by atoms with E-state index in [0.29, 0.717) is 11.3 Å². The van der Waals surface area contributed by atoms with Gasteiger partial charge in [0.1, 0.15) is 5.75 Å². The van der Waals surface area contributed by atoms with Crippen LogP contribution in [0, 0.1) is 10.5 Å². The zero-order chi connectivity index (χ0) is 12.3. The summed E-state index contributed by atoms with van der Waals surface area (Å²) in [4.78, 5) is 15.8. The summed E-state index contributed by atoms with van der Waals surface area (Å²) < 4.78 is 6.26. The Hall–Kier alpha value is -1.43. The maximum Gasteiger partial charge on any atom is 0.345 e. The van der Waals surface area contributed by atoms with Crippen LogP contribution in [0.4, 0.5) is 0 Å². The molecule has 17 heavy (non-hydrogen) atoms. The lowest BCUT2D eigenvalue weighted by molar-refractivity contribution is 0.0734. The van der Waals surface area contributed by atoms with Gasteiger partial charge in [0, 0.05) is 15.5 Å². The van der Waals surface area contributed by atoms with Crippen LogP contribution in [0.3, 0.4) is 0 Å². The van der Waals surface area contributed by atoms with Crippen LogP contribution in [0.1, 0.15) is 16.1 Å². The number of hydrogen-bond donors (Lipinski definition) is 0. The molecule has 3 nitrogen and oxygen atoms in total. The average Bonchev–Trinajstić information content (AvgIpc) is 2.29. The van der Waals surface area contributed by atoms with E-state index >= 15 is 0 Å². The smallest absolute Gasteiger partial charge is 0.345 e. The number of hydrogen-bond acceptors (Lipinski definition) is 3. The fourth-order valence-corrected chi connectivity index (χ4v) is 1.80. The molecule has 0 saturated heterocycles. The molecule has 0 N–H and O–H groups in total. The normalized spacial score (nSPS) is 10.0. The van der Waals surface area contributed by atoms with Crippen molar-refractivity contribution in [2.24, 2.45) is 0 Å². The first-order valence-corrected chi connectivity index (χ1v) is 6.13. The summed E-state index contributed by atoms with van der Waals surface area (Å²) in [5.41, 5.74) is 1.32. The van der Waals surface area contributed by atoms with Gasteiger partial charge in [-0.1, -0.05) is 6.07 Å². The van der Waals surface area contributed by atoms with Gasteiger partial charge in [0.15, 0.2) is 0 Å². The van der Waals surface area contributed by atoms with Crippen LogP contribution < -0.4 is 4.74 Å². The van der Waals surface area contributed by atoms with E-state index in [9.17, 15) is 4.79 Å². The molecule has 0 radical (unpaired) electrons. The van der Waals surface area contributed by atoms with E-state index in [-0.39, 0.29) is 5.97 Å². The van der Waals surface area contributed by atoms with Crippen molar-refractivity contribution in [1.82, 2.24) is 4.98 Å². The van der Waals surface area contributed by atoms with Gasteiger partial charge >= 0.3 is 5.97 Å². The van der Waals surface area contributed by atoms with Crippen molar-refractivity contribution in [2.45, 2.75) is 6.92 Å². The molecule has 86 valence electrons. The molecule has 0 saturated carbocycles. The molecule has 0 fully saturated rings. The lowest BCUT2D eigenvalue weighted by Gasteiger charge is -2.04. The van der Waals surface area contributed by atoms with Crippen LogP contribution in [0.2, 0.25) is 0 Å². The zero-order valence-electron chi connectivity index (χ0n) is 9.18. The molecule has 2 rings (SSSR count). The molecule has 0 aliphatic rings. The summed E-state index contributed by atoms with van der Waals surface area (Å²) in [7, 11) is 0. The Morgan fingerprint density at radius 3 is 2.76 bits per heavy atom. The highest BCUT2D eigenvalue weighted by Gasteiger charge is 2.08. The van der Waals surface area contributed by atoms with E-state index in [4.69, 9.17) is 4.74 Å². The van der Waals surface area contributed by atoms with Gasteiger partial charge in [-0.05, 0) is 59.8 Å². The summed E-state index contributed by atoms with van der Waals surface area (Å²) in [6.45, 7) is 1.87. The van der Waals surface area contributed by atoms with Crippen molar-refractivity contribution in [2.75, 3.05) is 0 Å². The minimum atomic E-state index is -0.389. The molecule has 1 aromatic carbocycles. The molecule has 0 bridgehead atoms. The van der Waals surface area contributed by atoms with E-state index in [1.165, 1.54) is 6.20 Å². The van der Waals surface area contributed by atoms with Gasteiger partial charge in [0.05, 0.1) is 5.56 Å². The van der Waals surface area contributed by atoms with Gasteiger partial charge in [-0.25, -0.2) is 4.79 Å². The van der Waals surface area contributed by atoms with Crippen molar-refractivity contribution < 1.29 is 9.53 Å². The van der Waals surface area contributed by atoms with E-state index in [1.807, 2.05) is 19.1 Å². The van der Waals surface area contributed by atoms with Crippen LogP contribution in [0.25, 0.3) is 0 Å². The van der Waals surface area contributed by atoms with Gasteiger partial charge in [-0.3, -0.25) is 4.98 Å². The second kappa shape index (κ2) is 5.27.